The molecule has 1 aliphatic rings. The molecule has 6 nitrogen and oxygen atoms in total. The predicted molar refractivity (Wildman–Crippen MR) is 98.0 cm³/mol. The Kier molecular flexibility index (Phi) is 5.11. The molecule has 1 aromatic carbocycles. The molecule has 0 radical (unpaired) electrons. The van der Waals surface area contributed by atoms with Crippen LogP contribution in [0, 0.1) is 18.8 Å². The third-order valence-electron chi connectivity index (χ3n) is 4.51. The highest BCUT2D eigenvalue weighted by Gasteiger charge is 2.46. The fraction of sp³-hybridized carbons (Fsp3) is 0.450. The van der Waals surface area contributed by atoms with Crippen molar-refractivity contribution in [2.75, 3.05) is 6.54 Å². The number of ether oxygens (including phenoxy) is 1. The second-order valence-electron chi connectivity index (χ2n) is 7.42. The highest BCUT2D eigenvalue weighted by atomic mass is 16.5. The van der Waals surface area contributed by atoms with Gasteiger partial charge in [0.1, 0.15) is 5.75 Å². The van der Waals surface area contributed by atoms with Crippen LogP contribution in [0.1, 0.15) is 47.7 Å². The van der Waals surface area contributed by atoms with Gasteiger partial charge in [-0.3, -0.25) is 14.3 Å². The summed E-state index contributed by atoms with van der Waals surface area (Å²) in [5, 5.41) is 7.03. The van der Waals surface area contributed by atoms with Crippen molar-refractivity contribution in [3.05, 3.63) is 47.3 Å². The fourth-order valence-electron chi connectivity index (χ4n) is 2.94. The van der Waals surface area contributed by atoms with Gasteiger partial charge in [-0.05, 0) is 37.0 Å². The largest absolute Gasteiger partial charge is 0.425 e. The summed E-state index contributed by atoms with van der Waals surface area (Å²) in [6.07, 6.45) is 4.47. The molecular formula is C20H25N3O3. The molecule has 1 fully saturated rings. The molecule has 1 heterocycles. The first kappa shape index (κ1) is 18.2. The van der Waals surface area contributed by atoms with Gasteiger partial charge in [0.15, 0.2) is 0 Å². The number of aromatic nitrogens is 2. The van der Waals surface area contributed by atoms with Crippen LogP contribution < -0.4 is 10.1 Å². The van der Waals surface area contributed by atoms with Crippen LogP contribution in [0.2, 0.25) is 0 Å². The first-order valence-corrected chi connectivity index (χ1v) is 8.94. The van der Waals surface area contributed by atoms with Crippen LogP contribution >= 0.6 is 0 Å². The first-order chi connectivity index (χ1) is 12.3. The number of carbonyl (C=O) groups is 2. The molecule has 0 unspecified atom stereocenters. The highest BCUT2D eigenvalue weighted by Crippen LogP contribution is 2.48. The number of hydrogen-bond acceptors (Lipinski definition) is 4. The van der Waals surface area contributed by atoms with Crippen LogP contribution in [0.5, 0.6) is 5.75 Å². The van der Waals surface area contributed by atoms with E-state index in [2.05, 4.69) is 10.4 Å². The van der Waals surface area contributed by atoms with Crippen molar-refractivity contribution in [3.63, 3.8) is 0 Å². The molecule has 26 heavy (non-hydrogen) atoms. The third kappa shape index (κ3) is 4.12. The zero-order valence-corrected chi connectivity index (χ0v) is 15.7. The van der Waals surface area contributed by atoms with Crippen LogP contribution in [0.4, 0.5) is 0 Å². The molecule has 3 rings (SSSR count). The Morgan fingerprint density at radius 1 is 1.38 bits per heavy atom. The molecular weight excluding hydrogens is 330 g/mol. The van der Waals surface area contributed by atoms with Crippen molar-refractivity contribution in [1.82, 2.24) is 15.1 Å². The zero-order chi connectivity index (χ0) is 18.8. The van der Waals surface area contributed by atoms with Crippen LogP contribution in [-0.2, 0) is 11.8 Å². The van der Waals surface area contributed by atoms with Gasteiger partial charge >= 0.3 is 5.97 Å². The Labute approximate surface area is 153 Å². The highest BCUT2D eigenvalue weighted by molar-refractivity contribution is 5.98. The van der Waals surface area contributed by atoms with E-state index in [0.717, 1.165) is 17.5 Å². The summed E-state index contributed by atoms with van der Waals surface area (Å²) in [4.78, 5) is 25.0. The van der Waals surface area contributed by atoms with Gasteiger partial charge in [-0.2, -0.15) is 5.10 Å². The van der Waals surface area contributed by atoms with Gasteiger partial charge in [0.25, 0.3) is 5.91 Å². The summed E-state index contributed by atoms with van der Waals surface area (Å²) in [7, 11) is 1.85. The summed E-state index contributed by atoms with van der Waals surface area (Å²) in [6.45, 7) is 6.54. The minimum Gasteiger partial charge on any atom is -0.425 e. The van der Waals surface area contributed by atoms with E-state index in [4.69, 9.17) is 4.74 Å². The van der Waals surface area contributed by atoms with E-state index in [1.54, 1.807) is 23.0 Å². The minimum absolute atomic E-state index is 0.153. The first-order valence-electron chi connectivity index (χ1n) is 8.94. The van der Waals surface area contributed by atoms with E-state index in [9.17, 15) is 9.59 Å². The van der Waals surface area contributed by atoms with Crippen LogP contribution in [0.3, 0.4) is 0 Å². The van der Waals surface area contributed by atoms with E-state index >= 15 is 0 Å². The van der Waals surface area contributed by atoms with Crippen molar-refractivity contribution in [1.29, 1.82) is 0 Å². The number of benzene rings is 1. The van der Waals surface area contributed by atoms with Gasteiger partial charge < -0.3 is 10.1 Å². The zero-order valence-electron chi connectivity index (χ0n) is 15.7. The van der Waals surface area contributed by atoms with Gasteiger partial charge in [-0.15, -0.1) is 0 Å². The summed E-state index contributed by atoms with van der Waals surface area (Å²) >= 11 is 0. The van der Waals surface area contributed by atoms with E-state index < -0.39 is 0 Å². The molecule has 1 aliphatic carbocycles. The van der Waals surface area contributed by atoms with Gasteiger partial charge in [-0.25, -0.2) is 0 Å². The maximum atomic E-state index is 12.5. The summed E-state index contributed by atoms with van der Waals surface area (Å²) in [5.74, 6) is 0.137. The molecule has 1 amide bonds. The summed E-state index contributed by atoms with van der Waals surface area (Å²) in [6, 6.07) is 5.29. The fourth-order valence-corrected chi connectivity index (χ4v) is 2.94. The van der Waals surface area contributed by atoms with E-state index in [1.165, 1.54) is 0 Å². The second-order valence-corrected chi connectivity index (χ2v) is 7.42. The van der Waals surface area contributed by atoms with Gasteiger partial charge in [-0.1, -0.05) is 25.5 Å². The monoisotopic (exact) mass is 355 g/mol. The Morgan fingerprint density at radius 2 is 2.15 bits per heavy atom. The average molecular weight is 355 g/mol. The number of rotatable bonds is 6. The maximum Gasteiger partial charge on any atom is 0.314 e. The van der Waals surface area contributed by atoms with Gasteiger partial charge in [0.2, 0.25) is 0 Å². The van der Waals surface area contributed by atoms with Crippen molar-refractivity contribution in [2.45, 2.75) is 33.1 Å². The number of aryl methyl sites for hydroxylation is 2. The van der Waals surface area contributed by atoms with Crippen LogP contribution in [0.25, 0.3) is 0 Å². The van der Waals surface area contributed by atoms with Crippen molar-refractivity contribution in [3.8, 4) is 5.75 Å². The molecule has 138 valence electrons. The third-order valence-corrected chi connectivity index (χ3v) is 4.51. The number of nitrogens with one attached hydrogen (secondary N) is 1. The molecule has 2 atom stereocenters. The standard InChI is InChI=1S/C20H25N3O3/c1-12(2)9-21-19(24)17-7-13(3)5-6-18(17)26-20(25)16-8-15(16)14-10-22-23(4)11-14/h5-7,10-12,15-16H,8-9H2,1-4H3,(H,21,24)/t15-,16-/m0/s1. The minimum atomic E-state index is -0.291. The quantitative estimate of drug-likeness (QED) is 0.639. The molecule has 0 spiro atoms. The summed E-state index contributed by atoms with van der Waals surface area (Å²) in [5.41, 5.74) is 2.39. The Bertz CT molecular complexity index is 825. The van der Waals surface area contributed by atoms with Gasteiger partial charge in [0.05, 0.1) is 17.7 Å². The number of hydrogen-bond donors (Lipinski definition) is 1. The Balaban J connectivity index is 1.69. The predicted octanol–water partition coefficient (Wildman–Crippen LogP) is 2.82. The van der Waals surface area contributed by atoms with Gasteiger partial charge in [0, 0.05) is 25.7 Å². The lowest BCUT2D eigenvalue weighted by Crippen LogP contribution is -2.28. The SMILES string of the molecule is Cc1ccc(OC(=O)[C@H]2C[C@H]2c2cnn(C)c2)c(C(=O)NCC(C)C)c1. The van der Waals surface area contributed by atoms with Crippen molar-refractivity contribution < 1.29 is 14.3 Å². The smallest absolute Gasteiger partial charge is 0.314 e. The second kappa shape index (κ2) is 7.32. The molecule has 1 N–H and O–H groups in total. The van der Waals surface area contributed by atoms with Crippen molar-refractivity contribution >= 4 is 11.9 Å². The molecule has 1 saturated carbocycles. The number of amides is 1. The molecule has 1 aromatic heterocycles. The van der Waals surface area contributed by atoms with E-state index in [1.807, 2.05) is 40.1 Å². The molecule has 0 bridgehead atoms. The average Bonchev–Trinajstić information content (AvgIpc) is 3.28. The molecule has 0 aliphatic heterocycles. The topological polar surface area (TPSA) is 73.2 Å². The molecule has 2 aromatic rings. The number of carbonyl (C=O) groups excluding carboxylic acids is 2. The Morgan fingerprint density at radius 3 is 2.81 bits per heavy atom. The Hall–Kier alpha value is -2.63. The lowest BCUT2D eigenvalue weighted by atomic mass is 10.1. The molecule has 6 heteroatoms. The maximum absolute atomic E-state index is 12.5. The van der Waals surface area contributed by atoms with Crippen LogP contribution in [0.15, 0.2) is 30.6 Å². The van der Waals surface area contributed by atoms with E-state index in [-0.39, 0.29) is 23.7 Å². The van der Waals surface area contributed by atoms with Crippen molar-refractivity contribution in [2.24, 2.45) is 18.9 Å². The lowest BCUT2D eigenvalue weighted by Gasteiger charge is -2.12. The number of nitrogens with zero attached hydrogens (tertiary/aromatic N) is 2. The van der Waals surface area contributed by atoms with Crippen LogP contribution in [-0.4, -0.2) is 28.2 Å². The normalized spacial score (nSPS) is 18.7. The lowest BCUT2D eigenvalue weighted by molar-refractivity contribution is -0.135. The summed E-state index contributed by atoms with van der Waals surface area (Å²) < 4.78 is 7.31. The van der Waals surface area contributed by atoms with E-state index in [0.29, 0.717) is 23.8 Å². The molecule has 0 saturated heterocycles. The number of esters is 1.